The summed E-state index contributed by atoms with van der Waals surface area (Å²) in [5.41, 5.74) is 1.63. The van der Waals surface area contributed by atoms with Crippen LogP contribution >= 0.6 is 15.9 Å². The summed E-state index contributed by atoms with van der Waals surface area (Å²) in [6, 6.07) is 6.81. The van der Waals surface area contributed by atoms with Crippen molar-refractivity contribution in [3.05, 3.63) is 52.5 Å². The minimum Gasteiger partial charge on any atom is -0.492 e. The highest BCUT2D eigenvalue weighted by atomic mass is 79.9. The van der Waals surface area contributed by atoms with Crippen molar-refractivity contribution in [1.29, 1.82) is 0 Å². The molecule has 0 unspecified atom stereocenters. The molecule has 3 rings (SSSR count). The molecule has 160 valence electrons. The van der Waals surface area contributed by atoms with Crippen molar-refractivity contribution < 1.29 is 19.4 Å². The molecule has 2 aromatic rings. The van der Waals surface area contributed by atoms with Crippen LogP contribution in [-0.2, 0) is 11.2 Å². The molecule has 3 heterocycles. The second-order valence-corrected chi connectivity index (χ2v) is 7.83. The van der Waals surface area contributed by atoms with E-state index in [4.69, 9.17) is 4.74 Å². The van der Waals surface area contributed by atoms with Crippen molar-refractivity contribution in [3.8, 4) is 5.75 Å². The molecule has 30 heavy (non-hydrogen) atoms. The number of pyridine rings is 2. The number of aryl methyl sites for hydroxylation is 1. The smallest absolute Gasteiger partial charge is 0.320 e. The lowest BCUT2D eigenvalue weighted by Crippen LogP contribution is -2.36. The van der Waals surface area contributed by atoms with Crippen LogP contribution in [0.2, 0.25) is 0 Å². The quantitative estimate of drug-likeness (QED) is 0.526. The Morgan fingerprint density at radius 3 is 2.90 bits per heavy atom. The molecule has 0 radical (unpaired) electrons. The van der Waals surface area contributed by atoms with E-state index >= 15 is 0 Å². The average Bonchev–Trinajstić information content (AvgIpc) is 3.07. The summed E-state index contributed by atoms with van der Waals surface area (Å²) >= 11 is 3.37. The van der Waals surface area contributed by atoms with Crippen LogP contribution in [0, 0.1) is 0 Å². The first-order chi connectivity index (χ1) is 14.5. The standard InChI is InChI=1S/C21H25BrN4O4/c1-2-30-17-11-15(13-23-14-17)18(12-20(27)28)26-10-9-25(21(26)29)8-4-6-16-5-3-7-19(22)24-16/h3,5,7,11,13-14,18H,2,4,6,8-10,12H2,1H3,(H,27,28)/t18-/m0/s1. The molecular weight excluding hydrogens is 452 g/mol. The number of hydrogen-bond donors (Lipinski definition) is 1. The Bertz CT molecular complexity index is 895. The number of aliphatic carboxylic acids is 1. The van der Waals surface area contributed by atoms with Crippen molar-refractivity contribution in [3.63, 3.8) is 0 Å². The lowest BCUT2D eigenvalue weighted by molar-refractivity contribution is -0.138. The first kappa shape index (κ1) is 22.0. The van der Waals surface area contributed by atoms with Gasteiger partial charge in [0.25, 0.3) is 0 Å². The molecule has 2 amide bonds. The molecule has 0 bridgehead atoms. The second-order valence-electron chi connectivity index (χ2n) is 7.02. The Labute approximate surface area is 184 Å². The number of rotatable bonds is 10. The van der Waals surface area contributed by atoms with Crippen LogP contribution in [0.5, 0.6) is 5.75 Å². The van der Waals surface area contributed by atoms with Gasteiger partial charge < -0.3 is 19.6 Å². The predicted molar refractivity (Wildman–Crippen MR) is 114 cm³/mol. The fourth-order valence-corrected chi connectivity index (χ4v) is 3.96. The predicted octanol–water partition coefficient (Wildman–Crippen LogP) is 3.52. The average molecular weight is 477 g/mol. The summed E-state index contributed by atoms with van der Waals surface area (Å²) in [5, 5.41) is 9.41. The van der Waals surface area contributed by atoms with Crippen LogP contribution < -0.4 is 4.74 Å². The second kappa shape index (κ2) is 10.4. The third kappa shape index (κ3) is 5.69. The number of halogens is 1. The van der Waals surface area contributed by atoms with Gasteiger partial charge in [-0.05, 0) is 59.5 Å². The van der Waals surface area contributed by atoms with Gasteiger partial charge >= 0.3 is 12.0 Å². The molecule has 8 nitrogen and oxygen atoms in total. The van der Waals surface area contributed by atoms with E-state index in [1.165, 1.54) is 0 Å². The number of hydrogen-bond acceptors (Lipinski definition) is 5. The molecule has 2 aromatic heterocycles. The number of aromatic nitrogens is 2. The van der Waals surface area contributed by atoms with Crippen molar-refractivity contribution in [2.75, 3.05) is 26.2 Å². The number of amides is 2. The van der Waals surface area contributed by atoms with E-state index in [0.717, 1.165) is 23.1 Å². The third-order valence-electron chi connectivity index (χ3n) is 4.94. The summed E-state index contributed by atoms with van der Waals surface area (Å²) < 4.78 is 6.28. The number of ether oxygens (including phenoxy) is 1. The third-order valence-corrected chi connectivity index (χ3v) is 5.38. The number of urea groups is 1. The Morgan fingerprint density at radius 2 is 2.17 bits per heavy atom. The largest absolute Gasteiger partial charge is 0.492 e. The van der Waals surface area contributed by atoms with Gasteiger partial charge in [0.2, 0.25) is 0 Å². The van der Waals surface area contributed by atoms with Crippen LogP contribution in [0.15, 0.2) is 41.3 Å². The van der Waals surface area contributed by atoms with Gasteiger partial charge in [-0.1, -0.05) is 6.07 Å². The van der Waals surface area contributed by atoms with E-state index in [2.05, 4.69) is 25.9 Å². The fourth-order valence-electron chi connectivity index (χ4n) is 3.58. The Hall–Kier alpha value is -2.68. The van der Waals surface area contributed by atoms with Gasteiger partial charge in [0, 0.05) is 31.5 Å². The van der Waals surface area contributed by atoms with Crippen LogP contribution in [0.1, 0.15) is 37.1 Å². The zero-order chi connectivity index (χ0) is 21.5. The molecule has 1 aliphatic heterocycles. The topological polar surface area (TPSA) is 95.9 Å². The summed E-state index contributed by atoms with van der Waals surface area (Å²) in [4.78, 5) is 36.4. The van der Waals surface area contributed by atoms with Gasteiger partial charge in [-0.2, -0.15) is 0 Å². The van der Waals surface area contributed by atoms with E-state index in [-0.39, 0.29) is 12.5 Å². The summed E-state index contributed by atoms with van der Waals surface area (Å²) in [6.07, 6.45) is 4.55. The minimum atomic E-state index is -0.964. The van der Waals surface area contributed by atoms with Crippen LogP contribution in [-0.4, -0.2) is 63.1 Å². The molecular formula is C21H25BrN4O4. The van der Waals surface area contributed by atoms with Crippen molar-refractivity contribution in [1.82, 2.24) is 19.8 Å². The van der Waals surface area contributed by atoms with Gasteiger partial charge in [0.15, 0.2) is 0 Å². The van der Waals surface area contributed by atoms with Crippen LogP contribution in [0.25, 0.3) is 0 Å². The number of carboxylic acid groups (broad SMARTS) is 1. The summed E-state index contributed by atoms with van der Waals surface area (Å²) in [6.45, 7) is 4.00. The van der Waals surface area contributed by atoms with E-state index in [9.17, 15) is 14.7 Å². The van der Waals surface area contributed by atoms with E-state index in [1.54, 1.807) is 28.3 Å². The molecule has 0 spiro atoms. The normalized spacial score (nSPS) is 14.8. The summed E-state index contributed by atoms with van der Waals surface area (Å²) in [5.74, 6) is -0.399. The zero-order valence-electron chi connectivity index (χ0n) is 16.8. The highest BCUT2D eigenvalue weighted by Crippen LogP contribution is 2.30. The molecule has 0 aromatic carbocycles. The number of carboxylic acids is 1. The molecule has 1 atom stereocenters. The molecule has 1 aliphatic rings. The van der Waals surface area contributed by atoms with Gasteiger partial charge in [-0.3, -0.25) is 9.78 Å². The van der Waals surface area contributed by atoms with Crippen molar-refractivity contribution in [2.45, 2.75) is 32.2 Å². The van der Waals surface area contributed by atoms with Crippen molar-refractivity contribution >= 4 is 27.9 Å². The van der Waals surface area contributed by atoms with Gasteiger partial charge in [0.1, 0.15) is 10.4 Å². The maximum absolute atomic E-state index is 13.0. The maximum atomic E-state index is 13.0. The maximum Gasteiger partial charge on any atom is 0.320 e. The Kier molecular flexibility index (Phi) is 7.62. The first-order valence-electron chi connectivity index (χ1n) is 9.94. The molecule has 1 N–H and O–H groups in total. The Balaban J connectivity index is 1.66. The van der Waals surface area contributed by atoms with Gasteiger partial charge in [-0.25, -0.2) is 9.78 Å². The van der Waals surface area contributed by atoms with Crippen molar-refractivity contribution in [2.24, 2.45) is 0 Å². The SMILES string of the molecule is CCOc1cncc([C@H](CC(=O)O)N2CCN(CCCc3cccc(Br)n3)C2=O)c1. The number of carbonyl (C=O) groups is 2. The molecule has 1 fully saturated rings. The lowest BCUT2D eigenvalue weighted by Gasteiger charge is -2.27. The molecule has 9 heteroatoms. The fraction of sp³-hybridized carbons (Fsp3) is 0.429. The monoisotopic (exact) mass is 476 g/mol. The highest BCUT2D eigenvalue weighted by molar-refractivity contribution is 9.10. The highest BCUT2D eigenvalue weighted by Gasteiger charge is 2.35. The van der Waals surface area contributed by atoms with Gasteiger partial charge in [0.05, 0.1) is 25.3 Å². The van der Waals surface area contributed by atoms with Gasteiger partial charge in [-0.15, -0.1) is 0 Å². The summed E-state index contributed by atoms with van der Waals surface area (Å²) in [7, 11) is 0. The zero-order valence-corrected chi connectivity index (χ0v) is 18.4. The Morgan fingerprint density at radius 1 is 1.33 bits per heavy atom. The van der Waals surface area contributed by atoms with Crippen LogP contribution in [0.4, 0.5) is 4.79 Å². The van der Waals surface area contributed by atoms with E-state index in [1.807, 2.05) is 25.1 Å². The first-order valence-corrected chi connectivity index (χ1v) is 10.7. The number of carbonyl (C=O) groups excluding carboxylic acids is 1. The molecule has 1 saturated heterocycles. The molecule has 0 saturated carbocycles. The molecule has 0 aliphatic carbocycles. The lowest BCUT2D eigenvalue weighted by atomic mass is 10.0. The van der Waals surface area contributed by atoms with E-state index in [0.29, 0.717) is 37.6 Å². The minimum absolute atomic E-state index is 0.148. The van der Waals surface area contributed by atoms with Crippen LogP contribution in [0.3, 0.4) is 0 Å². The van der Waals surface area contributed by atoms with E-state index < -0.39 is 12.0 Å². The number of nitrogens with zero attached hydrogens (tertiary/aromatic N) is 4.